The molecule has 1 aliphatic carbocycles. The predicted molar refractivity (Wildman–Crippen MR) is 110 cm³/mol. The van der Waals surface area contributed by atoms with Crippen molar-refractivity contribution in [3.8, 4) is 0 Å². The van der Waals surface area contributed by atoms with Gasteiger partial charge in [0, 0.05) is 18.1 Å². The maximum absolute atomic E-state index is 13.1. The molecule has 1 aromatic carbocycles. The van der Waals surface area contributed by atoms with Crippen molar-refractivity contribution in [2.45, 2.75) is 46.1 Å². The fourth-order valence-corrected chi connectivity index (χ4v) is 3.90. The van der Waals surface area contributed by atoms with Crippen LogP contribution >= 0.6 is 0 Å². The van der Waals surface area contributed by atoms with Gasteiger partial charge in [0.1, 0.15) is 0 Å². The van der Waals surface area contributed by atoms with Gasteiger partial charge in [-0.1, -0.05) is 18.2 Å². The molecule has 7 nitrogen and oxygen atoms in total. The van der Waals surface area contributed by atoms with Crippen LogP contribution in [0.25, 0.3) is 10.9 Å². The number of esters is 1. The van der Waals surface area contributed by atoms with Gasteiger partial charge in [0.25, 0.3) is 5.91 Å². The number of fused-ring (bicyclic) bond motifs is 2. The van der Waals surface area contributed by atoms with Crippen LogP contribution in [0.2, 0.25) is 0 Å². The van der Waals surface area contributed by atoms with Crippen LogP contribution in [-0.2, 0) is 29.4 Å². The van der Waals surface area contributed by atoms with Gasteiger partial charge in [0.2, 0.25) is 0 Å². The van der Waals surface area contributed by atoms with Crippen molar-refractivity contribution in [3.63, 3.8) is 0 Å². The molecule has 0 saturated carbocycles. The summed E-state index contributed by atoms with van der Waals surface area (Å²) in [7, 11) is 1.82. The summed E-state index contributed by atoms with van der Waals surface area (Å²) in [4.78, 5) is 30.4. The van der Waals surface area contributed by atoms with Crippen molar-refractivity contribution in [2.75, 3.05) is 5.32 Å². The number of rotatable bonds is 4. The third kappa shape index (κ3) is 3.37. The number of benzene rings is 1. The molecule has 1 amide bonds. The van der Waals surface area contributed by atoms with Crippen molar-refractivity contribution >= 4 is 28.5 Å². The number of pyridine rings is 1. The molecular formula is C22H24N4O3. The molecule has 0 unspecified atom stereocenters. The van der Waals surface area contributed by atoms with Crippen molar-refractivity contribution in [3.05, 3.63) is 52.5 Å². The predicted octanol–water partition coefficient (Wildman–Crippen LogP) is 3.26. The largest absolute Gasteiger partial charge is 0.449 e. The first-order valence-corrected chi connectivity index (χ1v) is 9.79. The molecule has 7 heteroatoms. The first kappa shape index (κ1) is 19.1. The molecule has 3 aromatic rings. The van der Waals surface area contributed by atoms with Crippen molar-refractivity contribution in [2.24, 2.45) is 7.05 Å². The van der Waals surface area contributed by atoms with E-state index in [9.17, 15) is 9.59 Å². The number of aromatic nitrogens is 3. The molecule has 4 rings (SSSR count). The standard InChI is InChI=1S/C22H24N4O3/c1-12-20(13(2)26(4)25-12)24-21(27)14(3)29-22(28)19-15-8-5-6-10-17(15)23-18-11-7-9-16(18)19/h5-6,8,10,14H,7,9,11H2,1-4H3,(H,24,27)/t14-/m1/s1. The maximum Gasteiger partial charge on any atom is 0.339 e. The van der Waals surface area contributed by atoms with Gasteiger partial charge in [0.15, 0.2) is 6.10 Å². The van der Waals surface area contributed by atoms with Crippen molar-refractivity contribution in [1.29, 1.82) is 0 Å². The number of hydrogen-bond acceptors (Lipinski definition) is 5. The molecule has 150 valence electrons. The van der Waals surface area contributed by atoms with Crippen LogP contribution in [0.5, 0.6) is 0 Å². The van der Waals surface area contributed by atoms with Gasteiger partial charge in [-0.15, -0.1) is 0 Å². The highest BCUT2D eigenvalue weighted by molar-refractivity contribution is 6.06. The Balaban J connectivity index is 1.59. The zero-order valence-electron chi connectivity index (χ0n) is 17.1. The smallest absolute Gasteiger partial charge is 0.339 e. The SMILES string of the molecule is Cc1nn(C)c(C)c1NC(=O)[C@@H](C)OC(=O)c1c2c(nc3ccccc13)CCC2. The number of nitrogens with zero attached hydrogens (tertiary/aromatic N) is 3. The Hall–Kier alpha value is -3.22. The van der Waals surface area contributed by atoms with Gasteiger partial charge in [-0.05, 0) is 51.7 Å². The van der Waals surface area contributed by atoms with Crippen LogP contribution in [0.4, 0.5) is 5.69 Å². The Morgan fingerprint density at radius 1 is 1.21 bits per heavy atom. The average Bonchev–Trinajstić information content (AvgIpc) is 3.25. The third-order valence-corrected chi connectivity index (χ3v) is 5.53. The number of hydrogen-bond donors (Lipinski definition) is 1. The molecule has 1 aliphatic rings. The number of ether oxygens (including phenoxy) is 1. The maximum atomic E-state index is 13.1. The zero-order chi connectivity index (χ0) is 20.7. The minimum atomic E-state index is -0.939. The summed E-state index contributed by atoms with van der Waals surface area (Å²) in [5.74, 6) is -0.864. The second-order valence-electron chi connectivity index (χ2n) is 7.49. The van der Waals surface area contributed by atoms with Crippen LogP contribution in [0.3, 0.4) is 0 Å². The normalized spacial score (nSPS) is 13.9. The van der Waals surface area contributed by atoms with Gasteiger partial charge in [-0.25, -0.2) is 4.79 Å². The lowest BCUT2D eigenvalue weighted by Gasteiger charge is -2.16. The molecule has 0 radical (unpaired) electrons. The summed E-state index contributed by atoms with van der Waals surface area (Å²) >= 11 is 0. The van der Waals surface area contributed by atoms with E-state index in [0.717, 1.165) is 52.8 Å². The first-order valence-electron chi connectivity index (χ1n) is 9.79. The Morgan fingerprint density at radius 3 is 2.69 bits per heavy atom. The molecule has 1 atom stereocenters. The Morgan fingerprint density at radius 2 is 1.97 bits per heavy atom. The lowest BCUT2D eigenvalue weighted by atomic mass is 10.0. The van der Waals surface area contributed by atoms with Crippen LogP contribution in [0.15, 0.2) is 24.3 Å². The quantitative estimate of drug-likeness (QED) is 0.689. The van der Waals surface area contributed by atoms with E-state index in [0.29, 0.717) is 11.3 Å². The van der Waals surface area contributed by atoms with E-state index in [4.69, 9.17) is 9.72 Å². The second-order valence-corrected chi connectivity index (χ2v) is 7.49. The summed E-state index contributed by atoms with van der Waals surface area (Å²) < 4.78 is 7.29. The summed E-state index contributed by atoms with van der Waals surface area (Å²) in [6.07, 6.45) is 1.68. The van der Waals surface area contributed by atoms with Crippen LogP contribution in [0, 0.1) is 13.8 Å². The Kier molecular flexibility index (Phi) is 4.82. The second kappa shape index (κ2) is 7.31. The topological polar surface area (TPSA) is 86.1 Å². The molecule has 0 aliphatic heterocycles. The number of aryl methyl sites for hydroxylation is 3. The first-order chi connectivity index (χ1) is 13.9. The highest BCUT2D eigenvalue weighted by atomic mass is 16.5. The van der Waals surface area contributed by atoms with Gasteiger partial charge in [-0.3, -0.25) is 14.5 Å². The molecule has 1 N–H and O–H groups in total. The molecule has 29 heavy (non-hydrogen) atoms. The van der Waals surface area contributed by atoms with Gasteiger partial charge in [0.05, 0.1) is 28.2 Å². The third-order valence-electron chi connectivity index (χ3n) is 5.53. The van der Waals surface area contributed by atoms with E-state index in [1.54, 1.807) is 11.6 Å². The molecule has 2 aromatic heterocycles. The van der Waals surface area contributed by atoms with E-state index < -0.39 is 12.1 Å². The lowest BCUT2D eigenvalue weighted by molar-refractivity contribution is -0.123. The number of para-hydroxylation sites is 1. The number of nitrogens with one attached hydrogen (secondary N) is 1. The zero-order valence-corrected chi connectivity index (χ0v) is 17.1. The van der Waals surface area contributed by atoms with E-state index in [-0.39, 0.29) is 5.91 Å². The summed E-state index contributed by atoms with van der Waals surface area (Å²) in [6, 6.07) is 7.56. The fraction of sp³-hybridized carbons (Fsp3) is 0.364. The van der Waals surface area contributed by atoms with E-state index >= 15 is 0 Å². The molecule has 0 fully saturated rings. The van der Waals surface area contributed by atoms with Crippen LogP contribution in [0.1, 0.15) is 46.3 Å². The minimum absolute atomic E-state index is 0.382. The lowest BCUT2D eigenvalue weighted by Crippen LogP contribution is -2.30. The highest BCUT2D eigenvalue weighted by Gasteiger charge is 2.27. The summed E-state index contributed by atoms with van der Waals surface area (Å²) in [5.41, 5.74) is 5.42. The van der Waals surface area contributed by atoms with E-state index in [1.165, 1.54) is 0 Å². The fourth-order valence-electron chi connectivity index (χ4n) is 3.90. The van der Waals surface area contributed by atoms with Gasteiger partial charge < -0.3 is 10.1 Å². The Bertz CT molecular complexity index is 1130. The molecule has 2 heterocycles. The highest BCUT2D eigenvalue weighted by Crippen LogP contribution is 2.30. The number of carbonyl (C=O) groups is 2. The average molecular weight is 392 g/mol. The van der Waals surface area contributed by atoms with Crippen LogP contribution < -0.4 is 5.32 Å². The molecule has 0 spiro atoms. The van der Waals surface area contributed by atoms with Gasteiger partial charge >= 0.3 is 5.97 Å². The Labute approximate surface area is 169 Å². The van der Waals surface area contributed by atoms with E-state index in [2.05, 4.69) is 10.4 Å². The molecular weight excluding hydrogens is 368 g/mol. The molecule has 0 saturated heterocycles. The monoisotopic (exact) mass is 392 g/mol. The summed E-state index contributed by atoms with van der Waals surface area (Å²) in [6.45, 7) is 5.28. The number of anilines is 1. The number of carbonyl (C=O) groups excluding carboxylic acids is 2. The van der Waals surface area contributed by atoms with Crippen molar-refractivity contribution < 1.29 is 14.3 Å². The van der Waals surface area contributed by atoms with Crippen LogP contribution in [-0.4, -0.2) is 32.7 Å². The van der Waals surface area contributed by atoms with E-state index in [1.807, 2.05) is 45.2 Å². The molecule has 0 bridgehead atoms. The van der Waals surface area contributed by atoms with Crippen molar-refractivity contribution in [1.82, 2.24) is 14.8 Å². The van der Waals surface area contributed by atoms with Gasteiger partial charge in [-0.2, -0.15) is 5.10 Å². The summed E-state index contributed by atoms with van der Waals surface area (Å²) in [5, 5.41) is 7.89. The number of amides is 1. The minimum Gasteiger partial charge on any atom is -0.449 e.